The van der Waals surface area contributed by atoms with Crippen LogP contribution in [-0.4, -0.2) is 53.6 Å². The predicted octanol–water partition coefficient (Wildman–Crippen LogP) is 3.47. The summed E-state index contributed by atoms with van der Waals surface area (Å²) >= 11 is 0. The summed E-state index contributed by atoms with van der Waals surface area (Å²) < 4.78 is 13.1. The fourth-order valence-electron chi connectivity index (χ4n) is 3.41. The van der Waals surface area contributed by atoms with Gasteiger partial charge >= 0.3 is 0 Å². The van der Waals surface area contributed by atoms with Gasteiger partial charge < -0.3 is 9.80 Å². The number of amides is 2. The zero-order chi connectivity index (χ0) is 20.8. The molecule has 0 N–H and O–H groups in total. The Bertz CT molecular complexity index is 878. The number of hydrogen-bond donors (Lipinski definition) is 0. The predicted molar refractivity (Wildman–Crippen MR) is 108 cm³/mol. The first-order valence-corrected chi connectivity index (χ1v) is 9.86. The van der Waals surface area contributed by atoms with Gasteiger partial charge in [0.25, 0.3) is 5.91 Å². The first-order valence-electron chi connectivity index (χ1n) is 9.86. The quantitative estimate of drug-likeness (QED) is 0.727. The number of benzene rings is 2. The fraction of sp³-hybridized carbons (Fsp3) is 0.348. The normalized spacial score (nSPS) is 14.4. The summed E-state index contributed by atoms with van der Waals surface area (Å²) in [4.78, 5) is 40.8. The van der Waals surface area contributed by atoms with E-state index >= 15 is 0 Å². The van der Waals surface area contributed by atoms with E-state index in [-0.39, 0.29) is 36.3 Å². The van der Waals surface area contributed by atoms with Crippen molar-refractivity contribution in [2.45, 2.75) is 26.2 Å². The minimum absolute atomic E-state index is 0.0405. The van der Waals surface area contributed by atoms with Gasteiger partial charge in [0, 0.05) is 50.1 Å². The maximum atomic E-state index is 13.1. The highest BCUT2D eigenvalue weighted by molar-refractivity contribution is 5.98. The van der Waals surface area contributed by atoms with Gasteiger partial charge in [-0.3, -0.25) is 14.4 Å². The van der Waals surface area contributed by atoms with Crippen LogP contribution >= 0.6 is 0 Å². The van der Waals surface area contributed by atoms with E-state index in [0.717, 1.165) is 5.56 Å². The zero-order valence-corrected chi connectivity index (χ0v) is 16.6. The molecule has 0 saturated carbocycles. The maximum absolute atomic E-state index is 13.1. The number of halogens is 1. The molecule has 1 saturated heterocycles. The van der Waals surface area contributed by atoms with Crippen molar-refractivity contribution in [3.05, 3.63) is 71.0 Å². The molecule has 2 amide bonds. The van der Waals surface area contributed by atoms with Crippen LogP contribution < -0.4 is 0 Å². The molecule has 152 valence electrons. The van der Waals surface area contributed by atoms with Crippen LogP contribution in [0.4, 0.5) is 4.39 Å². The molecule has 0 spiro atoms. The minimum Gasteiger partial charge on any atom is -0.341 e. The summed E-state index contributed by atoms with van der Waals surface area (Å²) in [5.41, 5.74) is 2.15. The van der Waals surface area contributed by atoms with Gasteiger partial charge in [-0.05, 0) is 37.6 Å². The lowest BCUT2D eigenvalue weighted by Crippen LogP contribution is -2.37. The van der Waals surface area contributed by atoms with Gasteiger partial charge in [-0.15, -0.1) is 0 Å². The van der Waals surface area contributed by atoms with Gasteiger partial charge in [0.2, 0.25) is 5.91 Å². The highest BCUT2D eigenvalue weighted by Gasteiger charge is 2.23. The summed E-state index contributed by atoms with van der Waals surface area (Å²) in [7, 11) is 0. The van der Waals surface area contributed by atoms with Crippen LogP contribution in [0.1, 0.15) is 45.5 Å². The third kappa shape index (κ3) is 5.50. The SMILES string of the molecule is Cc1ccc(C(=O)CCC(=O)N2CCCN(C(=O)c3ccc(F)cc3)CC2)cc1. The summed E-state index contributed by atoms with van der Waals surface area (Å²) in [5, 5.41) is 0. The monoisotopic (exact) mass is 396 g/mol. The molecule has 29 heavy (non-hydrogen) atoms. The molecule has 2 aromatic rings. The number of carbonyl (C=O) groups excluding carboxylic acids is 3. The molecule has 0 aliphatic carbocycles. The number of nitrogens with zero attached hydrogens (tertiary/aromatic N) is 2. The second kappa shape index (κ2) is 9.45. The van der Waals surface area contributed by atoms with Crippen molar-refractivity contribution in [3.8, 4) is 0 Å². The highest BCUT2D eigenvalue weighted by Crippen LogP contribution is 2.13. The van der Waals surface area contributed by atoms with E-state index in [1.54, 1.807) is 21.9 Å². The molecular formula is C23H25FN2O3. The van der Waals surface area contributed by atoms with E-state index in [4.69, 9.17) is 0 Å². The van der Waals surface area contributed by atoms with Gasteiger partial charge in [-0.1, -0.05) is 29.8 Å². The Hall–Kier alpha value is -3.02. The van der Waals surface area contributed by atoms with Crippen molar-refractivity contribution in [1.29, 1.82) is 0 Å². The van der Waals surface area contributed by atoms with E-state index in [9.17, 15) is 18.8 Å². The van der Waals surface area contributed by atoms with Gasteiger partial charge in [0.15, 0.2) is 5.78 Å². The number of carbonyl (C=O) groups is 3. The first-order chi connectivity index (χ1) is 13.9. The van der Waals surface area contributed by atoms with Crippen LogP contribution in [0.25, 0.3) is 0 Å². The Labute approximate surface area is 170 Å². The molecule has 5 nitrogen and oxygen atoms in total. The van der Waals surface area contributed by atoms with Crippen LogP contribution in [0.2, 0.25) is 0 Å². The van der Waals surface area contributed by atoms with Crippen molar-refractivity contribution in [2.24, 2.45) is 0 Å². The summed E-state index contributed by atoms with van der Waals surface area (Å²) in [5.74, 6) is -0.647. The summed E-state index contributed by atoms with van der Waals surface area (Å²) in [6.45, 7) is 3.92. The molecule has 0 radical (unpaired) electrons. The number of rotatable bonds is 5. The van der Waals surface area contributed by atoms with Crippen LogP contribution in [0.3, 0.4) is 0 Å². The smallest absolute Gasteiger partial charge is 0.253 e. The lowest BCUT2D eigenvalue weighted by atomic mass is 10.0. The molecule has 0 unspecified atom stereocenters. The average Bonchev–Trinajstić information content (AvgIpc) is 2.99. The fourth-order valence-corrected chi connectivity index (χ4v) is 3.41. The van der Waals surface area contributed by atoms with Crippen molar-refractivity contribution in [1.82, 2.24) is 9.80 Å². The third-order valence-electron chi connectivity index (χ3n) is 5.17. The Morgan fingerprint density at radius 2 is 1.38 bits per heavy atom. The molecule has 6 heteroatoms. The molecule has 3 rings (SSSR count). The van der Waals surface area contributed by atoms with Crippen LogP contribution in [-0.2, 0) is 4.79 Å². The van der Waals surface area contributed by atoms with Gasteiger partial charge in [0.05, 0.1) is 0 Å². The number of hydrogen-bond acceptors (Lipinski definition) is 3. The summed E-state index contributed by atoms with van der Waals surface area (Å²) in [6, 6.07) is 12.8. The molecule has 1 heterocycles. The van der Waals surface area contributed by atoms with Gasteiger partial charge in [0.1, 0.15) is 5.82 Å². The molecule has 0 aromatic heterocycles. The van der Waals surface area contributed by atoms with Crippen molar-refractivity contribution in [3.63, 3.8) is 0 Å². The molecule has 1 aliphatic heterocycles. The molecule has 0 bridgehead atoms. The van der Waals surface area contributed by atoms with Gasteiger partial charge in [-0.25, -0.2) is 4.39 Å². The van der Waals surface area contributed by atoms with Crippen LogP contribution in [0.5, 0.6) is 0 Å². The van der Waals surface area contributed by atoms with Crippen molar-refractivity contribution >= 4 is 17.6 Å². The van der Waals surface area contributed by atoms with Gasteiger partial charge in [-0.2, -0.15) is 0 Å². The Balaban J connectivity index is 1.51. The van der Waals surface area contributed by atoms with E-state index < -0.39 is 0 Å². The average molecular weight is 396 g/mol. The highest BCUT2D eigenvalue weighted by atomic mass is 19.1. The van der Waals surface area contributed by atoms with Crippen LogP contribution in [0.15, 0.2) is 48.5 Å². The third-order valence-corrected chi connectivity index (χ3v) is 5.17. The Kier molecular flexibility index (Phi) is 6.75. The number of aryl methyl sites for hydroxylation is 1. The zero-order valence-electron chi connectivity index (χ0n) is 16.6. The largest absolute Gasteiger partial charge is 0.341 e. The number of Topliss-reactive ketones (excluding diaryl/α,β-unsaturated/α-hetero) is 1. The van der Waals surface area contributed by atoms with E-state index in [1.165, 1.54) is 24.3 Å². The van der Waals surface area contributed by atoms with E-state index in [1.807, 2.05) is 19.1 Å². The second-order valence-corrected chi connectivity index (χ2v) is 7.32. The molecule has 2 aromatic carbocycles. The van der Waals surface area contributed by atoms with E-state index in [0.29, 0.717) is 43.7 Å². The molecule has 1 fully saturated rings. The molecular weight excluding hydrogens is 371 g/mol. The Morgan fingerprint density at radius 3 is 2.07 bits per heavy atom. The van der Waals surface area contributed by atoms with E-state index in [2.05, 4.69) is 0 Å². The standard InChI is InChI=1S/C23H25FN2O3/c1-17-3-5-18(6-4-17)21(27)11-12-22(28)25-13-2-14-26(16-15-25)23(29)19-7-9-20(24)10-8-19/h3-10H,2,11-16H2,1H3. The number of ketones is 1. The van der Waals surface area contributed by atoms with Crippen molar-refractivity contribution < 1.29 is 18.8 Å². The lowest BCUT2D eigenvalue weighted by molar-refractivity contribution is -0.131. The lowest BCUT2D eigenvalue weighted by Gasteiger charge is -2.22. The molecule has 1 aliphatic rings. The second-order valence-electron chi connectivity index (χ2n) is 7.32. The first kappa shape index (κ1) is 20.7. The van der Waals surface area contributed by atoms with Crippen molar-refractivity contribution in [2.75, 3.05) is 26.2 Å². The Morgan fingerprint density at radius 1 is 0.793 bits per heavy atom. The summed E-state index contributed by atoms with van der Waals surface area (Å²) in [6.07, 6.45) is 1.01. The topological polar surface area (TPSA) is 57.7 Å². The molecule has 0 atom stereocenters. The van der Waals surface area contributed by atoms with Crippen LogP contribution in [0, 0.1) is 12.7 Å². The maximum Gasteiger partial charge on any atom is 0.253 e. The minimum atomic E-state index is -0.380.